The van der Waals surface area contributed by atoms with Crippen molar-refractivity contribution < 1.29 is 0 Å². The Morgan fingerprint density at radius 2 is 2.15 bits per heavy atom. The number of nitrogens with two attached hydrogens (primary N) is 2. The third-order valence-electron chi connectivity index (χ3n) is 1.52. The van der Waals surface area contributed by atoms with Crippen LogP contribution in [0.4, 0.5) is 0 Å². The highest BCUT2D eigenvalue weighted by molar-refractivity contribution is 8.13. The number of hydrazone groups is 1. The number of pyridine rings is 1. The first-order valence-corrected chi connectivity index (χ1v) is 4.86. The summed E-state index contributed by atoms with van der Waals surface area (Å²) in [5.74, 6) is 5.87. The first-order chi connectivity index (χ1) is 6.33. The summed E-state index contributed by atoms with van der Waals surface area (Å²) in [5, 5.41) is 3.79. The van der Waals surface area contributed by atoms with E-state index in [1.807, 2.05) is 12.1 Å². The molecule has 0 aliphatic heterocycles. The third kappa shape index (κ3) is 3.80. The molecule has 0 amide bonds. The van der Waals surface area contributed by atoms with E-state index in [-0.39, 0.29) is 0 Å². The van der Waals surface area contributed by atoms with Crippen LogP contribution in [0.25, 0.3) is 0 Å². The van der Waals surface area contributed by atoms with E-state index in [1.54, 1.807) is 12.4 Å². The molecule has 4 N–H and O–H groups in total. The van der Waals surface area contributed by atoms with Gasteiger partial charge >= 0.3 is 0 Å². The summed E-state index contributed by atoms with van der Waals surface area (Å²) in [6.45, 7) is 0. The zero-order valence-electron chi connectivity index (χ0n) is 7.18. The molecule has 0 aliphatic rings. The Morgan fingerprint density at radius 3 is 2.77 bits per heavy atom. The maximum Gasteiger partial charge on any atom is 0.177 e. The van der Waals surface area contributed by atoms with Crippen LogP contribution in [0.5, 0.6) is 0 Å². The Morgan fingerprint density at radius 1 is 1.46 bits per heavy atom. The fourth-order valence-electron chi connectivity index (χ4n) is 0.860. The van der Waals surface area contributed by atoms with Gasteiger partial charge in [-0.1, -0.05) is 11.8 Å². The fourth-order valence-corrected chi connectivity index (χ4v) is 1.48. The number of thioether (sulfide) groups is 1. The highest BCUT2D eigenvalue weighted by Crippen LogP contribution is 2.05. The largest absolute Gasteiger partial charge is 0.377 e. The Bertz CT molecular complexity index is 273. The van der Waals surface area contributed by atoms with E-state index in [1.165, 1.54) is 17.3 Å². The lowest BCUT2D eigenvalue weighted by molar-refractivity contribution is 1.13. The predicted octanol–water partition coefficient (Wildman–Crippen LogP) is 0.546. The molecule has 1 heterocycles. The number of aromatic nitrogens is 1. The lowest BCUT2D eigenvalue weighted by atomic mass is 10.2. The smallest absolute Gasteiger partial charge is 0.177 e. The molecule has 1 rings (SSSR count). The minimum Gasteiger partial charge on any atom is -0.377 e. The summed E-state index contributed by atoms with van der Waals surface area (Å²) in [6.07, 6.45) is 4.50. The fraction of sp³-hybridized carbons (Fsp3) is 0.250. The zero-order chi connectivity index (χ0) is 9.52. The molecule has 13 heavy (non-hydrogen) atoms. The van der Waals surface area contributed by atoms with Crippen molar-refractivity contribution >= 4 is 16.9 Å². The summed E-state index contributed by atoms with van der Waals surface area (Å²) >= 11 is 1.45. The Balaban J connectivity index is 2.28. The molecule has 70 valence electrons. The number of aryl methyl sites for hydroxylation is 1. The van der Waals surface area contributed by atoms with Crippen LogP contribution in [-0.2, 0) is 6.42 Å². The van der Waals surface area contributed by atoms with Gasteiger partial charge in [-0.2, -0.15) is 5.10 Å². The number of nitrogens with zero attached hydrogens (tertiary/aromatic N) is 2. The molecular weight excluding hydrogens is 184 g/mol. The van der Waals surface area contributed by atoms with E-state index in [0.717, 1.165) is 12.2 Å². The maximum atomic E-state index is 5.41. The van der Waals surface area contributed by atoms with Gasteiger partial charge in [0, 0.05) is 18.1 Å². The van der Waals surface area contributed by atoms with Crippen molar-refractivity contribution in [1.29, 1.82) is 0 Å². The molecule has 0 aliphatic carbocycles. The van der Waals surface area contributed by atoms with Gasteiger partial charge in [-0.15, -0.1) is 0 Å². The average Bonchev–Trinajstić information content (AvgIpc) is 2.19. The number of hydrogen-bond donors (Lipinski definition) is 2. The van der Waals surface area contributed by atoms with E-state index >= 15 is 0 Å². The van der Waals surface area contributed by atoms with Crippen LogP contribution in [0, 0.1) is 0 Å². The Labute approximate surface area is 81.4 Å². The Kier molecular flexibility index (Phi) is 4.11. The van der Waals surface area contributed by atoms with Crippen LogP contribution in [0.1, 0.15) is 5.56 Å². The summed E-state index contributed by atoms with van der Waals surface area (Å²) in [5.41, 5.74) is 6.66. The van der Waals surface area contributed by atoms with Crippen LogP contribution in [0.2, 0.25) is 0 Å². The van der Waals surface area contributed by atoms with Crippen molar-refractivity contribution in [1.82, 2.24) is 4.98 Å². The van der Waals surface area contributed by atoms with Crippen molar-refractivity contribution in [3.05, 3.63) is 30.1 Å². The summed E-state index contributed by atoms with van der Waals surface area (Å²) in [6, 6.07) is 3.96. The van der Waals surface area contributed by atoms with Gasteiger partial charge in [-0.25, -0.2) is 0 Å². The first-order valence-electron chi connectivity index (χ1n) is 3.88. The number of hydrogen-bond acceptors (Lipinski definition) is 4. The summed E-state index contributed by atoms with van der Waals surface area (Å²) in [7, 11) is 0. The number of amidine groups is 1. The molecule has 1 aromatic heterocycles. The second-order valence-corrected chi connectivity index (χ2v) is 3.54. The van der Waals surface area contributed by atoms with Crippen LogP contribution in [0.3, 0.4) is 0 Å². The number of rotatable bonds is 3. The normalized spacial score (nSPS) is 11.5. The topological polar surface area (TPSA) is 77.3 Å². The molecule has 0 saturated carbocycles. The maximum absolute atomic E-state index is 5.41. The van der Waals surface area contributed by atoms with Crippen molar-refractivity contribution in [3.63, 3.8) is 0 Å². The summed E-state index contributed by atoms with van der Waals surface area (Å²) < 4.78 is 0. The molecule has 0 spiro atoms. The zero-order valence-corrected chi connectivity index (χ0v) is 8.00. The van der Waals surface area contributed by atoms with Gasteiger partial charge in [0.2, 0.25) is 0 Å². The lowest BCUT2D eigenvalue weighted by Gasteiger charge is -1.99. The second-order valence-electron chi connectivity index (χ2n) is 2.42. The SMILES string of the molecule is NN=C(N)SCCc1ccncc1. The monoisotopic (exact) mass is 196 g/mol. The molecule has 0 saturated heterocycles. The molecule has 0 bridgehead atoms. The molecule has 0 atom stereocenters. The van der Waals surface area contributed by atoms with Crippen LogP contribution < -0.4 is 11.6 Å². The minimum atomic E-state index is 0.425. The highest BCUT2D eigenvalue weighted by Gasteiger charge is 1.94. The molecule has 0 aromatic carbocycles. The predicted molar refractivity (Wildman–Crippen MR) is 56.2 cm³/mol. The van der Waals surface area contributed by atoms with Gasteiger partial charge in [0.05, 0.1) is 0 Å². The molecular formula is C8H12N4S. The summed E-state index contributed by atoms with van der Waals surface area (Å²) in [4.78, 5) is 3.93. The van der Waals surface area contributed by atoms with Gasteiger partial charge in [0.15, 0.2) is 5.17 Å². The van der Waals surface area contributed by atoms with E-state index in [9.17, 15) is 0 Å². The van der Waals surface area contributed by atoms with E-state index in [2.05, 4.69) is 10.1 Å². The van der Waals surface area contributed by atoms with Crippen LogP contribution in [0.15, 0.2) is 29.6 Å². The molecule has 5 heteroatoms. The minimum absolute atomic E-state index is 0.425. The second kappa shape index (κ2) is 5.42. The molecule has 4 nitrogen and oxygen atoms in total. The first kappa shape index (κ1) is 9.85. The van der Waals surface area contributed by atoms with Gasteiger partial charge in [0.25, 0.3) is 0 Å². The average molecular weight is 196 g/mol. The molecule has 0 fully saturated rings. The Hall–Kier alpha value is -1.23. The van der Waals surface area contributed by atoms with Crippen LogP contribution in [-0.4, -0.2) is 15.9 Å². The van der Waals surface area contributed by atoms with Gasteiger partial charge < -0.3 is 11.6 Å². The van der Waals surface area contributed by atoms with E-state index in [4.69, 9.17) is 11.6 Å². The third-order valence-corrected chi connectivity index (χ3v) is 2.33. The van der Waals surface area contributed by atoms with Gasteiger partial charge in [0.1, 0.15) is 0 Å². The highest BCUT2D eigenvalue weighted by atomic mass is 32.2. The molecule has 0 unspecified atom stereocenters. The quantitative estimate of drug-likeness (QED) is 0.320. The van der Waals surface area contributed by atoms with Gasteiger partial charge in [-0.05, 0) is 24.1 Å². The van der Waals surface area contributed by atoms with E-state index < -0.39 is 0 Å². The van der Waals surface area contributed by atoms with Crippen molar-refractivity contribution in [2.75, 3.05) is 5.75 Å². The van der Waals surface area contributed by atoms with Crippen molar-refractivity contribution in [2.45, 2.75) is 6.42 Å². The van der Waals surface area contributed by atoms with Crippen molar-refractivity contribution in [3.8, 4) is 0 Å². The standard InChI is InChI=1S/C8H12N4S/c9-8(12-10)13-6-3-7-1-4-11-5-2-7/h1-2,4-5H,3,6,10H2,(H2,9,12). The van der Waals surface area contributed by atoms with Gasteiger partial charge in [-0.3, -0.25) is 4.98 Å². The molecule has 0 radical (unpaired) electrons. The molecule has 1 aromatic rings. The van der Waals surface area contributed by atoms with E-state index in [0.29, 0.717) is 5.17 Å². The van der Waals surface area contributed by atoms with Crippen LogP contribution >= 0.6 is 11.8 Å². The lowest BCUT2D eigenvalue weighted by Crippen LogP contribution is -2.10. The van der Waals surface area contributed by atoms with Crippen molar-refractivity contribution in [2.24, 2.45) is 16.7 Å².